The predicted molar refractivity (Wildman–Crippen MR) is 114 cm³/mol. The fourth-order valence-electron chi connectivity index (χ4n) is 4.11. The van der Waals surface area contributed by atoms with E-state index >= 15 is 0 Å². The van der Waals surface area contributed by atoms with Gasteiger partial charge in [-0.2, -0.15) is 0 Å². The predicted octanol–water partition coefficient (Wildman–Crippen LogP) is 5.21. The second kappa shape index (κ2) is 6.54. The van der Waals surface area contributed by atoms with Crippen molar-refractivity contribution < 1.29 is 0 Å². The first-order valence-electron chi connectivity index (χ1n) is 9.44. The lowest BCUT2D eigenvalue weighted by atomic mass is 10.1. The van der Waals surface area contributed by atoms with Crippen molar-refractivity contribution in [1.82, 2.24) is 4.98 Å². The highest BCUT2D eigenvalue weighted by Gasteiger charge is 2.26. The van der Waals surface area contributed by atoms with Gasteiger partial charge in [0.25, 0.3) is 0 Å². The van der Waals surface area contributed by atoms with E-state index in [2.05, 4.69) is 41.1 Å². The SMILES string of the molecule is CN1CCc2c1nc1ccccc1c2N=C1CCCN1c1cccc(Cl)c1. The summed E-state index contributed by atoms with van der Waals surface area (Å²) in [5, 5.41) is 1.90. The molecule has 1 saturated heterocycles. The van der Waals surface area contributed by atoms with Gasteiger partial charge in [-0.25, -0.2) is 9.98 Å². The lowest BCUT2D eigenvalue weighted by molar-refractivity contribution is 0.947. The number of fused-ring (bicyclic) bond motifs is 2. The molecule has 2 aliphatic rings. The van der Waals surface area contributed by atoms with Crippen LogP contribution in [0, 0.1) is 0 Å². The number of anilines is 2. The number of halogens is 1. The molecule has 0 amide bonds. The summed E-state index contributed by atoms with van der Waals surface area (Å²) in [5.41, 5.74) is 4.48. The van der Waals surface area contributed by atoms with Crippen LogP contribution in [0.25, 0.3) is 10.9 Å². The zero-order valence-electron chi connectivity index (χ0n) is 15.3. The van der Waals surface area contributed by atoms with Crippen LogP contribution >= 0.6 is 11.6 Å². The number of benzene rings is 2. The third-order valence-electron chi connectivity index (χ3n) is 5.45. The molecule has 3 aromatic rings. The average molecular weight is 377 g/mol. The highest BCUT2D eigenvalue weighted by Crippen LogP contribution is 2.39. The Kier molecular flexibility index (Phi) is 4.01. The number of nitrogens with zero attached hydrogens (tertiary/aromatic N) is 4. The first-order chi connectivity index (χ1) is 13.2. The van der Waals surface area contributed by atoms with E-state index in [9.17, 15) is 0 Å². The molecule has 0 aliphatic carbocycles. The zero-order chi connectivity index (χ0) is 18.4. The van der Waals surface area contributed by atoms with Gasteiger partial charge in [-0.15, -0.1) is 0 Å². The smallest absolute Gasteiger partial charge is 0.134 e. The molecule has 0 atom stereocenters. The molecule has 1 fully saturated rings. The summed E-state index contributed by atoms with van der Waals surface area (Å²) in [6.07, 6.45) is 3.08. The molecule has 0 radical (unpaired) electrons. The van der Waals surface area contributed by atoms with Crippen molar-refractivity contribution in [3.8, 4) is 0 Å². The maximum Gasteiger partial charge on any atom is 0.134 e. The molecule has 1 aromatic heterocycles. The lowest BCUT2D eigenvalue weighted by Gasteiger charge is -2.20. The maximum absolute atomic E-state index is 6.22. The average Bonchev–Trinajstić information content (AvgIpc) is 3.29. The highest BCUT2D eigenvalue weighted by atomic mass is 35.5. The second-order valence-corrected chi connectivity index (χ2v) is 7.65. The minimum atomic E-state index is 0.760. The quantitative estimate of drug-likeness (QED) is 0.615. The van der Waals surface area contributed by atoms with Crippen LogP contribution in [0.15, 0.2) is 53.5 Å². The number of aromatic nitrogens is 1. The van der Waals surface area contributed by atoms with Crippen molar-refractivity contribution in [3.05, 3.63) is 59.1 Å². The van der Waals surface area contributed by atoms with Crippen molar-refractivity contribution >= 4 is 45.5 Å². The van der Waals surface area contributed by atoms with E-state index < -0.39 is 0 Å². The zero-order valence-corrected chi connectivity index (χ0v) is 16.1. The van der Waals surface area contributed by atoms with Gasteiger partial charge in [0.2, 0.25) is 0 Å². The minimum absolute atomic E-state index is 0.760. The van der Waals surface area contributed by atoms with E-state index in [1.54, 1.807) is 0 Å². The fourth-order valence-corrected chi connectivity index (χ4v) is 4.29. The van der Waals surface area contributed by atoms with Gasteiger partial charge in [0.05, 0.1) is 11.2 Å². The largest absolute Gasteiger partial charge is 0.359 e. The number of para-hydroxylation sites is 1. The normalized spacial score (nSPS) is 17.9. The Hall–Kier alpha value is -2.59. The van der Waals surface area contributed by atoms with Crippen LogP contribution in [0.5, 0.6) is 0 Å². The van der Waals surface area contributed by atoms with Crippen molar-refractivity contribution in [2.45, 2.75) is 19.3 Å². The Morgan fingerprint density at radius 3 is 2.81 bits per heavy atom. The molecular formula is C22H21ClN4. The topological polar surface area (TPSA) is 31.7 Å². The van der Waals surface area contributed by atoms with E-state index in [4.69, 9.17) is 21.6 Å². The highest BCUT2D eigenvalue weighted by molar-refractivity contribution is 6.31. The molecule has 5 rings (SSSR count). The van der Waals surface area contributed by atoms with E-state index in [0.29, 0.717) is 0 Å². The van der Waals surface area contributed by atoms with E-state index in [-0.39, 0.29) is 0 Å². The van der Waals surface area contributed by atoms with Crippen molar-refractivity contribution in [2.24, 2.45) is 4.99 Å². The Bertz CT molecular complexity index is 1060. The third kappa shape index (κ3) is 2.85. The van der Waals surface area contributed by atoms with Crippen LogP contribution in [0.3, 0.4) is 0 Å². The van der Waals surface area contributed by atoms with Crippen LogP contribution in [0.4, 0.5) is 17.2 Å². The van der Waals surface area contributed by atoms with Crippen LogP contribution < -0.4 is 9.80 Å². The second-order valence-electron chi connectivity index (χ2n) is 7.21. The summed E-state index contributed by atoms with van der Waals surface area (Å²) in [7, 11) is 2.11. The minimum Gasteiger partial charge on any atom is -0.359 e. The molecule has 2 aliphatic heterocycles. The molecule has 27 heavy (non-hydrogen) atoms. The van der Waals surface area contributed by atoms with E-state index in [0.717, 1.165) is 71.3 Å². The monoisotopic (exact) mass is 376 g/mol. The van der Waals surface area contributed by atoms with Crippen LogP contribution in [-0.2, 0) is 6.42 Å². The first kappa shape index (κ1) is 16.6. The molecule has 5 heteroatoms. The van der Waals surface area contributed by atoms with Crippen molar-refractivity contribution in [3.63, 3.8) is 0 Å². The number of pyridine rings is 1. The number of likely N-dealkylation sites (N-methyl/N-ethyl adjacent to an activating group) is 1. The Morgan fingerprint density at radius 2 is 1.93 bits per heavy atom. The number of hydrogen-bond donors (Lipinski definition) is 0. The summed E-state index contributed by atoms with van der Waals surface area (Å²) >= 11 is 6.22. The summed E-state index contributed by atoms with van der Waals surface area (Å²) in [5.74, 6) is 2.19. The number of rotatable bonds is 2. The molecule has 0 N–H and O–H groups in total. The Morgan fingerprint density at radius 1 is 1.04 bits per heavy atom. The molecular weight excluding hydrogens is 356 g/mol. The van der Waals surface area contributed by atoms with Crippen LogP contribution in [0.1, 0.15) is 18.4 Å². The molecule has 3 heterocycles. The van der Waals surface area contributed by atoms with Crippen molar-refractivity contribution in [2.75, 3.05) is 29.9 Å². The Balaban J connectivity index is 1.67. The molecule has 2 aromatic carbocycles. The summed E-state index contributed by atoms with van der Waals surface area (Å²) < 4.78 is 0. The standard InChI is InChI=1S/C22H21ClN4/c1-26-13-11-18-21(17-8-2-3-9-19(17)24-22(18)26)25-20-10-5-12-27(20)16-7-4-6-15(23)14-16/h2-4,6-9,14H,5,10-13H2,1H3. The van der Waals surface area contributed by atoms with Gasteiger partial charge >= 0.3 is 0 Å². The Labute approximate surface area is 164 Å². The van der Waals surface area contributed by atoms with Crippen LogP contribution in [-0.4, -0.2) is 31.0 Å². The van der Waals surface area contributed by atoms with Gasteiger partial charge in [0, 0.05) is 48.2 Å². The van der Waals surface area contributed by atoms with Crippen molar-refractivity contribution in [1.29, 1.82) is 0 Å². The third-order valence-corrected chi connectivity index (χ3v) is 5.69. The molecule has 136 valence electrons. The van der Waals surface area contributed by atoms with Gasteiger partial charge in [0.1, 0.15) is 11.7 Å². The summed E-state index contributed by atoms with van der Waals surface area (Å²) in [4.78, 5) is 14.6. The van der Waals surface area contributed by atoms with E-state index in [1.165, 1.54) is 5.56 Å². The molecule has 0 saturated carbocycles. The van der Waals surface area contributed by atoms with E-state index in [1.807, 2.05) is 24.3 Å². The van der Waals surface area contributed by atoms with Gasteiger partial charge < -0.3 is 9.80 Å². The molecule has 4 nitrogen and oxygen atoms in total. The lowest BCUT2D eigenvalue weighted by Crippen LogP contribution is -2.24. The maximum atomic E-state index is 6.22. The summed E-state index contributed by atoms with van der Waals surface area (Å²) in [6, 6.07) is 16.4. The number of hydrogen-bond acceptors (Lipinski definition) is 3. The fraction of sp³-hybridized carbons (Fsp3) is 0.273. The molecule has 0 spiro atoms. The molecule has 0 bridgehead atoms. The summed E-state index contributed by atoms with van der Waals surface area (Å²) in [6.45, 7) is 1.97. The van der Waals surface area contributed by atoms with Gasteiger partial charge in [0.15, 0.2) is 0 Å². The molecule has 0 unspecified atom stereocenters. The van der Waals surface area contributed by atoms with Gasteiger partial charge in [-0.05, 0) is 37.1 Å². The number of aliphatic imine (C=N–C) groups is 1. The first-order valence-corrected chi connectivity index (χ1v) is 9.82. The van der Waals surface area contributed by atoms with Gasteiger partial charge in [-0.3, -0.25) is 0 Å². The van der Waals surface area contributed by atoms with Gasteiger partial charge in [-0.1, -0.05) is 35.9 Å². The number of amidine groups is 1. The van der Waals surface area contributed by atoms with Crippen LogP contribution in [0.2, 0.25) is 5.02 Å².